The predicted molar refractivity (Wildman–Crippen MR) is 89.8 cm³/mol. The molecule has 1 aliphatic carbocycles. The first kappa shape index (κ1) is 17.0. The summed E-state index contributed by atoms with van der Waals surface area (Å²) in [6, 6.07) is 7.08. The molecule has 0 spiro atoms. The molecule has 1 aromatic rings. The second kappa shape index (κ2) is 7.34. The van der Waals surface area contributed by atoms with Crippen LogP contribution in [0, 0.1) is 11.8 Å². The van der Waals surface area contributed by atoms with Crippen molar-refractivity contribution >= 4 is 11.9 Å². The first-order valence-electron chi connectivity index (χ1n) is 8.82. The Hall–Kier alpha value is -1.88. The maximum absolute atomic E-state index is 12.6. The SMILES string of the molecule is O=C(O)c1cccc(CC2CCN(C(=O)C3CCC(O)CC3)C2)c1. The number of carboxylic acids is 1. The molecule has 1 atom stereocenters. The van der Waals surface area contributed by atoms with Crippen LogP contribution < -0.4 is 0 Å². The number of rotatable bonds is 4. The van der Waals surface area contributed by atoms with Crippen molar-refractivity contribution in [2.75, 3.05) is 13.1 Å². The topological polar surface area (TPSA) is 77.8 Å². The smallest absolute Gasteiger partial charge is 0.335 e. The van der Waals surface area contributed by atoms with Crippen molar-refractivity contribution in [3.8, 4) is 0 Å². The fourth-order valence-corrected chi connectivity index (χ4v) is 3.95. The van der Waals surface area contributed by atoms with Gasteiger partial charge in [0.1, 0.15) is 0 Å². The Labute approximate surface area is 142 Å². The standard InChI is InChI=1S/C19H25NO4/c21-17-6-4-15(5-7-17)18(22)20-9-8-14(12-20)10-13-2-1-3-16(11-13)19(23)24/h1-3,11,14-15,17,21H,4-10,12H2,(H,23,24). The normalized spacial score (nSPS) is 27.2. The van der Waals surface area contributed by atoms with Gasteiger partial charge in [0.15, 0.2) is 0 Å². The molecule has 130 valence electrons. The van der Waals surface area contributed by atoms with Gasteiger partial charge in [0, 0.05) is 19.0 Å². The van der Waals surface area contributed by atoms with E-state index in [1.54, 1.807) is 18.2 Å². The Morgan fingerprint density at radius 2 is 1.88 bits per heavy atom. The zero-order chi connectivity index (χ0) is 17.1. The largest absolute Gasteiger partial charge is 0.478 e. The lowest BCUT2D eigenvalue weighted by Gasteiger charge is -2.28. The summed E-state index contributed by atoms with van der Waals surface area (Å²) >= 11 is 0. The first-order chi connectivity index (χ1) is 11.5. The van der Waals surface area contributed by atoms with E-state index < -0.39 is 5.97 Å². The third-order valence-electron chi connectivity index (χ3n) is 5.34. The average molecular weight is 331 g/mol. The van der Waals surface area contributed by atoms with E-state index in [1.165, 1.54) is 0 Å². The molecule has 5 nitrogen and oxygen atoms in total. The van der Waals surface area contributed by atoms with E-state index in [2.05, 4.69) is 0 Å². The molecule has 1 saturated carbocycles. The van der Waals surface area contributed by atoms with Gasteiger partial charge in [-0.05, 0) is 62.1 Å². The Bertz CT molecular complexity index is 607. The van der Waals surface area contributed by atoms with Crippen LogP contribution in [0.4, 0.5) is 0 Å². The van der Waals surface area contributed by atoms with Gasteiger partial charge in [-0.1, -0.05) is 12.1 Å². The molecule has 2 fully saturated rings. The van der Waals surface area contributed by atoms with Crippen molar-refractivity contribution in [1.29, 1.82) is 0 Å². The molecule has 0 bridgehead atoms. The number of hydrogen-bond acceptors (Lipinski definition) is 3. The summed E-state index contributed by atoms with van der Waals surface area (Å²) in [6.45, 7) is 1.55. The van der Waals surface area contributed by atoms with Gasteiger partial charge < -0.3 is 15.1 Å². The van der Waals surface area contributed by atoms with E-state index in [1.807, 2.05) is 11.0 Å². The summed E-state index contributed by atoms with van der Waals surface area (Å²) in [5.74, 6) is -0.196. The number of aromatic carboxylic acids is 1. The van der Waals surface area contributed by atoms with E-state index in [4.69, 9.17) is 5.11 Å². The van der Waals surface area contributed by atoms with Crippen LogP contribution in [0.1, 0.15) is 48.0 Å². The fourth-order valence-electron chi connectivity index (χ4n) is 3.95. The Morgan fingerprint density at radius 1 is 1.12 bits per heavy atom. The molecule has 1 saturated heterocycles. The molecule has 1 aliphatic heterocycles. The van der Waals surface area contributed by atoms with Gasteiger partial charge in [0.2, 0.25) is 5.91 Å². The number of hydrogen-bond donors (Lipinski definition) is 2. The molecule has 0 aromatic heterocycles. The van der Waals surface area contributed by atoms with Crippen molar-refractivity contribution < 1.29 is 19.8 Å². The van der Waals surface area contributed by atoms with Crippen molar-refractivity contribution in [3.05, 3.63) is 35.4 Å². The minimum atomic E-state index is -0.903. The lowest BCUT2D eigenvalue weighted by molar-refractivity contribution is -0.136. The highest BCUT2D eigenvalue weighted by atomic mass is 16.4. The number of likely N-dealkylation sites (tertiary alicyclic amines) is 1. The maximum atomic E-state index is 12.6. The van der Waals surface area contributed by atoms with Crippen molar-refractivity contribution in [1.82, 2.24) is 4.90 Å². The zero-order valence-electron chi connectivity index (χ0n) is 13.9. The number of benzene rings is 1. The van der Waals surface area contributed by atoms with E-state index >= 15 is 0 Å². The van der Waals surface area contributed by atoms with Crippen LogP contribution in [0.5, 0.6) is 0 Å². The van der Waals surface area contributed by atoms with Gasteiger partial charge in [0.05, 0.1) is 11.7 Å². The molecule has 1 aromatic carbocycles. The van der Waals surface area contributed by atoms with Crippen LogP contribution in [0.3, 0.4) is 0 Å². The summed E-state index contributed by atoms with van der Waals surface area (Å²) in [6.07, 6.45) is 4.60. The number of aliphatic hydroxyl groups excluding tert-OH is 1. The van der Waals surface area contributed by atoms with Crippen molar-refractivity contribution in [3.63, 3.8) is 0 Å². The molecule has 2 aliphatic rings. The lowest BCUT2D eigenvalue weighted by Crippen LogP contribution is -2.37. The Balaban J connectivity index is 1.54. The Morgan fingerprint density at radius 3 is 2.58 bits per heavy atom. The van der Waals surface area contributed by atoms with Crippen LogP contribution >= 0.6 is 0 Å². The number of amides is 1. The molecule has 2 N–H and O–H groups in total. The highest BCUT2D eigenvalue weighted by Gasteiger charge is 2.32. The average Bonchev–Trinajstić information content (AvgIpc) is 3.03. The number of nitrogens with zero attached hydrogens (tertiary/aromatic N) is 1. The summed E-state index contributed by atoms with van der Waals surface area (Å²) in [5.41, 5.74) is 1.34. The minimum absolute atomic E-state index is 0.0717. The molecule has 0 radical (unpaired) electrons. The molecule has 3 rings (SSSR count). The van der Waals surface area contributed by atoms with E-state index in [0.717, 1.165) is 57.2 Å². The van der Waals surface area contributed by atoms with Crippen LogP contribution in [0.2, 0.25) is 0 Å². The molecule has 1 amide bonds. The van der Waals surface area contributed by atoms with Crippen LogP contribution in [0.15, 0.2) is 24.3 Å². The van der Waals surface area contributed by atoms with Gasteiger partial charge in [-0.3, -0.25) is 4.79 Å². The van der Waals surface area contributed by atoms with E-state index in [-0.39, 0.29) is 17.9 Å². The number of carbonyl (C=O) groups is 2. The summed E-state index contributed by atoms with van der Waals surface area (Å²) < 4.78 is 0. The second-order valence-corrected chi connectivity index (χ2v) is 7.15. The van der Waals surface area contributed by atoms with Gasteiger partial charge in [-0.2, -0.15) is 0 Å². The van der Waals surface area contributed by atoms with Gasteiger partial charge in [-0.25, -0.2) is 4.79 Å². The van der Waals surface area contributed by atoms with Gasteiger partial charge in [0.25, 0.3) is 0 Å². The maximum Gasteiger partial charge on any atom is 0.335 e. The zero-order valence-corrected chi connectivity index (χ0v) is 13.9. The number of aliphatic hydroxyl groups is 1. The van der Waals surface area contributed by atoms with Gasteiger partial charge >= 0.3 is 5.97 Å². The molecule has 1 unspecified atom stereocenters. The molecule has 24 heavy (non-hydrogen) atoms. The Kier molecular flexibility index (Phi) is 5.19. The van der Waals surface area contributed by atoms with E-state index in [9.17, 15) is 14.7 Å². The van der Waals surface area contributed by atoms with Crippen molar-refractivity contribution in [2.45, 2.75) is 44.6 Å². The van der Waals surface area contributed by atoms with Gasteiger partial charge in [-0.15, -0.1) is 0 Å². The van der Waals surface area contributed by atoms with Crippen molar-refractivity contribution in [2.24, 2.45) is 11.8 Å². The summed E-state index contributed by atoms with van der Waals surface area (Å²) in [7, 11) is 0. The van der Waals surface area contributed by atoms with E-state index in [0.29, 0.717) is 11.5 Å². The lowest BCUT2D eigenvalue weighted by atomic mass is 9.86. The van der Waals surface area contributed by atoms with Crippen LogP contribution in [-0.4, -0.2) is 46.2 Å². The molecule has 5 heteroatoms. The highest BCUT2D eigenvalue weighted by Crippen LogP contribution is 2.29. The third-order valence-corrected chi connectivity index (χ3v) is 5.34. The number of carboxylic acid groups (broad SMARTS) is 1. The monoisotopic (exact) mass is 331 g/mol. The first-order valence-corrected chi connectivity index (χ1v) is 8.82. The molecular weight excluding hydrogens is 306 g/mol. The molecule has 1 heterocycles. The fraction of sp³-hybridized carbons (Fsp3) is 0.579. The minimum Gasteiger partial charge on any atom is -0.478 e. The quantitative estimate of drug-likeness (QED) is 0.887. The second-order valence-electron chi connectivity index (χ2n) is 7.15. The third kappa shape index (κ3) is 3.96. The number of carbonyl (C=O) groups excluding carboxylic acids is 1. The van der Waals surface area contributed by atoms with Crippen LogP contribution in [0.25, 0.3) is 0 Å². The highest BCUT2D eigenvalue weighted by molar-refractivity contribution is 5.87. The summed E-state index contributed by atoms with van der Waals surface area (Å²) in [5, 5.41) is 18.7. The summed E-state index contributed by atoms with van der Waals surface area (Å²) in [4.78, 5) is 25.6. The molecular formula is C19H25NO4. The predicted octanol–water partition coefficient (Wildman–Crippen LogP) is 2.33. The van der Waals surface area contributed by atoms with Crippen LogP contribution in [-0.2, 0) is 11.2 Å².